The number of aliphatic imine (C=N–C) groups is 1. The summed E-state index contributed by atoms with van der Waals surface area (Å²) in [5, 5.41) is 8.75. The van der Waals surface area contributed by atoms with Crippen molar-refractivity contribution >= 4 is 17.5 Å². The Kier molecular flexibility index (Phi) is 10.1. The standard InChI is InChI=1S/C13H27NOS/c1-5-6-13(10-16-8-7-15)14-12(4)9-11(2)3/h11,13,15H,5-10H2,1-4H3. The fraction of sp³-hybridized carbons (Fsp3) is 0.923. The molecule has 0 saturated heterocycles. The van der Waals surface area contributed by atoms with Crippen LogP contribution in [-0.2, 0) is 0 Å². The number of rotatable bonds is 9. The van der Waals surface area contributed by atoms with E-state index in [1.165, 1.54) is 12.1 Å². The molecule has 0 spiro atoms. The van der Waals surface area contributed by atoms with Crippen LogP contribution in [0.15, 0.2) is 4.99 Å². The van der Waals surface area contributed by atoms with Crippen molar-refractivity contribution < 1.29 is 5.11 Å². The molecule has 0 aromatic carbocycles. The average Bonchev–Trinajstić information content (AvgIpc) is 2.16. The van der Waals surface area contributed by atoms with Crippen molar-refractivity contribution in [3.63, 3.8) is 0 Å². The van der Waals surface area contributed by atoms with Crippen LogP contribution in [0, 0.1) is 5.92 Å². The maximum atomic E-state index is 8.75. The van der Waals surface area contributed by atoms with Gasteiger partial charge in [0, 0.05) is 17.2 Å². The summed E-state index contributed by atoms with van der Waals surface area (Å²) in [6, 6.07) is 0.445. The number of nitrogens with zero attached hydrogens (tertiary/aromatic N) is 1. The maximum Gasteiger partial charge on any atom is 0.0589 e. The number of hydrogen-bond donors (Lipinski definition) is 1. The van der Waals surface area contributed by atoms with Crippen LogP contribution >= 0.6 is 11.8 Å². The zero-order valence-electron chi connectivity index (χ0n) is 11.2. The predicted molar refractivity (Wildman–Crippen MR) is 75.7 cm³/mol. The van der Waals surface area contributed by atoms with Gasteiger partial charge >= 0.3 is 0 Å². The molecule has 0 aromatic heterocycles. The van der Waals surface area contributed by atoms with E-state index in [1.54, 1.807) is 11.8 Å². The number of hydrogen-bond acceptors (Lipinski definition) is 3. The van der Waals surface area contributed by atoms with E-state index in [0.717, 1.165) is 24.3 Å². The lowest BCUT2D eigenvalue weighted by atomic mass is 10.1. The predicted octanol–water partition coefficient (Wildman–Crippen LogP) is 3.39. The molecular weight excluding hydrogens is 218 g/mol. The Hall–Kier alpha value is -0.0200. The normalized spacial score (nSPS) is 14.5. The Balaban J connectivity index is 4.07. The van der Waals surface area contributed by atoms with E-state index >= 15 is 0 Å². The number of thioether (sulfide) groups is 1. The van der Waals surface area contributed by atoms with Gasteiger partial charge in [-0.05, 0) is 25.7 Å². The van der Waals surface area contributed by atoms with Gasteiger partial charge < -0.3 is 5.11 Å². The molecule has 0 radical (unpaired) electrons. The van der Waals surface area contributed by atoms with Gasteiger partial charge in [-0.1, -0.05) is 27.2 Å². The summed E-state index contributed by atoms with van der Waals surface area (Å²) in [4.78, 5) is 4.79. The molecule has 0 bridgehead atoms. The average molecular weight is 245 g/mol. The SMILES string of the molecule is CCCC(CSCCO)N=C(C)CC(C)C. The summed E-state index contributed by atoms with van der Waals surface area (Å²) >= 11 is 1.81. The molecule has 0 rings (SSSR count). The van der Waals surface area contributed by atoms with Gasteiger partial charge in [-0.15, -0.1) is 0 Å². The minimum atomic E-state index is 0.276. The van der Waals surface area contributed by atoms with E-state index in [2.05, 4.69) is 27.7 Å². The van der Waals surface area contributed by atoms with Crippen LogP contribution in [-0.4, -0.2) is 35.0 Å². The summed E-state index contributed by atoms with van der Waals surface area (Å²) in [5.74, 6) is 2.57. The summed E-state index contributed by atoms with van der Waals surface area (Å²) in [5.41, 5.74) is 1.28. The fourth-order valence-corrected chi connectivity index (χ4v) is 2.57. The third kappa shape index (κ3) is 9.22. The molecular formula is C13H27NOS. The Morgan fingerprint density at radius 2 is 2.06 bits per heavy atom. The van der Waals surface area contributed by atoms with Crippen molar-refractivity contribution in [2.75, 3.05) is 18.1 Å². The zero-order valence-corrected chi connectivity index (χ0v) is 12.0. The molecule has 16 heavy (non-hydrogen) atoms. The zero-order chi connectivity index (χ0) is 12.4. The fourth-order valence-electron chi connectivity index (χ4n) is 1.76. The van der Waals surface area contributed by atoms with Gasteiger partial charge in [0.1, 0.15) is 0 Å². The summed E-state index contributed by atoms with van der Waals surface area (Å²) < 4.78 is 0. The molecule has 1 atom stereocenters. The van der Waals surface area contributed by atoms with E-state index in [-0.39, 0.29) is 6.61 Å². The summed E-state index contributed by atoms with van der Waals surface area (Å²) in [7, 11) is 0. The molecule has 96 valence electrons. The quantitative estimate of drug-likeness (QED) is 0.499. The molecule has 0 heterocycles. The first kappa shape index (κ1) is 16.0. The van der Waals surface area contributed by atoms with Gasteiger partial charge in [0.25, 0.3) is 0 Å². The molecule has 0 aromatic rings. The lowest BCUT2D eigenvalue weighted by Crippen LogP contribution is -2.12. The van der Waals surface area contributed by atoms with Gasteiger partial charge in [0.15, 0.2) is 0 Å². The largest absolute Gasteiger partial charge is 0.396 e. The molecule has 0 amide bonds. The highest BCUT2D eigenvalue weighted by atomic mass is 32.2. The van der Waals surface area contributed by atoms with Crippen LogP contribution in [0.25, 0.3) is 0 Å². The topological polar surface area (TPSA) is 32.6 Å². The molecule has 2 nitrogen and oxygen atoms in total. The summed E-state index contributed by atoms with van der Waals surface area (Å²) in [6.45, 7) is 9.08. The van der Waals surface area contributed by atoms with E-state index in [1.807, 2.05) is 0 Å². The minimum Gasteiger partial charge on any atom is -0.396 e. The smallest absolute Gasteiger partial charge is 0.0589 e. The third-order valence-corrected chi connectivity index (χ3v) is 3.37. The van der Waals surface area contributed by atoms with E-state index in [0.29, 0.717) is 12.0 Å². The Morgan fingerprint density at radius 3 is 2.56 bits per heavy atom. The number of aliphatic hydroxyl groups is 1. The molecule has 0 aliphatic heterocycles. The van der Waals surface area contributed by atoms with Crippen molar-refractivity contribution in [2.45, 2.75) is 53.0 Å². The lowest BCUT2D eigenvalue weighted by molar-refractivity contribution is 0.322. The monoisotopic (exact) mass is 245 g/mol. The molecule has 0 saturated carbocycles. The maximum absolute atomic E-state index is 8.75. The van der Waals surface area contributed by atoms with Gasteiger partial charge in [0.05, 0.1) is 12.6 Å². The second-order valence-corrected chi connectivity index (χ2v) is 5.85. The molecule has 1 N–H and O–H groups in total. The van der Waals surface area contributed by atoms with Crippen LogP contribution in [0.5, 0.6) is 0 Å². The van der Waals surface area contributed by atoms with Crippen molar-refractivity contribution in [1.29, 1.82) is 0 Å². The van der Waals surface area contributed by atoms with Crippen LogP contribution in [0.2, 0.25) is 0 Å². The first-order valence-electron chi connectivity index (χ1n) is 6.32. The van der Waals surface area contributed by atoms with Crippen molar-refractivity contribution in [1.82, 2.24) is 0 Å². The molecule has 0 fully saturated rings. The van der Waals surface area contributed by atoms with Crippen molar-refractivity contribution in [2.24, 2.45) is 10.9 Å². The van der Waals surface area contributed by atoms with Crippen LogP contribution < -0.4 is 0 Å². The Labute approximate surface area is 105 Å². The second kappa shape index (κ2) is 10.2. The van der Waals surface area contributed by atoms with Gasteiger partial charge in [-0.3, -0.25) is 4.99 Å². The molecule has 3 heteroatoms. The molecule has 0 aliphatic carbocycles. The highest BCUT2D eigenvalue weighted by Crippen LogP contribution is 2.12. The summed E-state index contributed by atoms with van der Waals surface area (Å²) in [6.07, 6.45) is 3.45. The highest BCUT2D eigenvalue weighted by molar-refractivity contribution is 7.99. The minimum absolute atomic E-state index is 0.276. The first-order valence-corrected chi connectivity index (χ1v) is 7.47. The van der Waals surface area contributed by atoms with E-state index in [9.17, 15) is 0 Å². The first-order chi connectivity index (χ1) is 7.60. The van der Waals surface area contributed by atoms with Crippen LogP contribution in [0.3, 0.4) is 0 Å². The van der Waals surface area contributed by atoms with Crippen molar-refractivity contribution in [3.05, 3.63) is 0 Å². The van der Waals surface area contributed by atoms with Gasteiger partial charge in [-0.25, -0.2) is 0 Å². The van der Waals surface area contributed by atoms with Crippen LogP contribution in [0.1, 0.15) is 47.0 Å². The molecule has 1 unspecified atom stereocenters. The highest BCUT2D eigenvalue weighted by Gasteiger charge is 2.07. The number of aliphatic hydroxyl groups excluding tert-OH is 1. The van der Waals surface area contributed by atoms with Crippen molar-refractivity contribution in [3.8, 4) is 0 Å². The van der Waals surface area contributed by atoms with Gasteiger partial charge in [-0.2, -0.15) is 11.8 Å². The van der Waals surface area contributed by atoms with E-state index in [4.69, 9.17) is 10.1 Å². The molecule has 0 aliphatic rings. The van der Waals surface area contributed by atoms with Crippen LogP contribution in [0.4, 0.5) is 0 Å². The van der Waals surface area contributed by atoms with E-state index < -0.39 is 0 Å². The van der Waals surface area contributed by atoms with Gasteiger partial charge in [0.2, 0.25) is 0 Å². The Bertz CT molecular complexity index is 192. The Morgan fingerprint density at radius 1 is 1.38 bits per heavy atom. The third-order valence-electron chi connectivity index (χ3n) is 2.27. The lowest BCUT2D eigenvalue weighted by Gasteiger charge is -2.13. The second-order valence-electron chi connectivity index (χ2n) is 4.70.